The molecular formula is C13H25F3N2. The van der Waals surface area contributed by atoms with Crippen LogP contribution in [0, 0.1) is 17.8 Å². The fraction of sp³-hybridized carbons (Fsp3) is 1.00. The van der Waals surface area contributed by atoms with Crippen LogP contribution in [0.5, 0.6) is 0 Å². The highest BCUT2D eigenvalue weighted by atomic mass is 19.4. The highest BCUT2D eigenvalue weighted by Crippen LogP contribution is 2.41. The second-order valence-electron chi connectivity index (χ2n) is 5.91. The fourth-order valence-electron chi connectivity index (χ4n) is 2.86. The number of nitrogens with two attached hydrogens (primary N) is 1. The molecule has 0 radical (unpaired) electrons. The zero-order valence-electron chi connectivity index (χ0n) is 11.3. The molecule has 1 rings (SSSR count). The summed E-state index contributed by atoms with van der Waals surface area (Å²) < 4.78 is 38.2. The fourth-order valence-corrected chi connectivity index (χ4v) is 2.86. The van der Waals surface area contributed by atoms with Gasteiger partial charge in [0.15, 0.2) is 0 Å². The van der Waals surface area contributed by atoms with Gasteiger partial charge >= 0.3 is 6.18 Å². The van der Waals surface area contributed by atoms with Gasteiger partial charge < -0.3 is 0 Å². The molecule has 0 aromatic rings. The first-order valence-electron chi connectivity index (χ1n) is 6.87. The molecule has 0 aromatic carbocycles. The van der Waals surface area contributed by atoms with Gasteiger partial charge in [0, 0.05) is 6.04 Å². The van der Waals surface area contributed by atoms with Crippen LogP contribution in [0.15, 0.2) is 0 Å². The molecule has 0 aliphatic heterocycles. The minimum atomic E-state index is -4.05. The standard InChI is InChI=1S/C13H25F3N2/c1-9(2)6-7-12(18-17)10-4-3-5-11(8-10)13(14,15)16/h9-12,18H,3-8,17H2,1-2H3. The van der Waals surface area contributed by atoms with Crippen molar-refractivity contribution in [3.8, 4) is 0 Å². The predicted octanol–water partition coefficient (Wildman–Crippen LogP) is 3.62. The molecule has 0 bridgehead atoms. The van der Waals surface area contributed by atoms with E-state index >= 15 is 0 Å². The van der Waals surface area contributed by atoms with E-state index in [0.29, 0.717) is 12.3 Å². The number of hydrogen-bond acceptors (Lipinski definition) is 2. The molecule has 0 amide bonds. The van der Waals surface area contributed by atoms with E-state index in [0.717, 1.165) is 19.3 Å². The summed E-state index contributed by atoms with van der Waals surface area (Å²) in [5.41, 5.74) is 2.73. The summed E-state index contributed by atoms with van der Waals surface area (Å²) in [5.74, 6) is 5.00. The van der Waals surface area contributed by atoms with Gasteiger partial charge in [0.1, 0.15) is 0 Å². The summed E-state index contributed by atoms with van der Waals surface area (Å²) >= 11 is 0. The maximum Gasteiger partial charge on any atom is 0.391 e. The second kappa shape index (κ2) is 6.75. The molecule has 0 spiro atoms. The van der Waals surface area contributed by atoms with Crippen molar-refractivity contribution in [3.63, 3.8) is 0 Å². The molecular weight excluding hydrogens is 241 g/mol. The van der Waals surface area contributed by atoms with Gasteiger partial charge in [-0.25, -0.2) is 0 Å². The van der Waals surface area contributed by atoms with Gasteiger partial charge in [-0.1, -0.05) is 20.3 Å². The molecule has 0 heterocycles. The SMILES string of the molecule is CC(C)CCC(NN)C1CCCC(C(F)(F)F)C1. The van der Waals surface area contributed by atoms with Crippen molar-refractivity contribution < 1.29 is 13.2 Å². The van der Waals surface area contributed by atoms with Gasteiger partial charge in [-0.15, -0.1) is 0 Å². The Morgan fingerprint density at radius 2 is 1.89 bits per heavy atom. The quantitative estimate of drug-likeness (QED) is 0.589. The zero-order chi connectivity index (χ0) is 13.8. The molecule has 108 valence electrons. The molecule has 5 heteroatoms. The van der Waals surface area contributed by atoms with Crippen LogP contribution in [0.3, 0.4) is 0 Å². The van der Waals surface area contributed by atoms with E-state index in [1.54, 1.807) is 0 Å². The number of rotatable bonds is 5. The summed E-state index contributed by atoms with van der Waals surface area (Å²) in [6.45, 7) is 4.24. The molecule has 18 heavy (non-hydrogen) atoms. The Balaban J connectivity index is 2.52. The molecule has 3 atom stereocenters. The van der Waals surface area contributed by atoms with Gasteiger partial charge in [-0.05, 0) is 43.9 Å². The minimum Gasteiger partial charge on any atom is -0.271 e. The summed E-state index contributed by atoms with van der Waals surface area (Å²) in [4.78, 5) is 0. The van der Waals surface area contributed by atoms with Crippen molar-refractivity contribution in [1.82, 2.24) is 5.43 Å². The van der Waals surface area contributed by atoms with E-state index in [2.05, 4.69) is 19.3 Å². The Bertz CT molecular complexity index is 241. The van der Waals surface area contributed by atoms with Crippen LogP contribution in [-0.2, 0) is 0 Å². The lowest BCUT2D eigenvalue weighted by atomic mass is 9.76. The van der Waals surface area contributed by atoms with Gasteiger partial charge in [-0.3, -0.25) is 11.3 Å². The highest BCUT2D eigenvalue weighted by Gasteiger charge is 2.43. The molecule has 1 saturated carbocycles. The largest absolute Gasteiger partial charge is 0.391 e. The van der Waals surface area contributed by atoms with Crippen molar-refractivity contribution in [2.75, 3.05) is 0 Å². The molecule has 1 aliphatic rings. The third-order valence-electron chi connectivity index (χ3n) is 4.02. The predicted molar refractivity (Wildman–Crippen MR) is 66.7 cm³/mol. The lowest BCUT2D eigenvalue weighted by molar-refractivity contribution is -0.186. The number of alkyl halides is 3. The smallest absolute Gasteiger partial charge is 0.271 e. The van der Waals surface area contributed by atoms with Crippen LogP contribution in [0.4, 0.5) is 13.2 Å². The number of nitrogens with one attached hydrogen (secondary N) is 1. The number of hydrogen-bond donors (Lipinski definition) is 2. The maximum absolute atomic E-state index is 12.7. The lowest BCUT2D eigenvalue weighted by Gasteiger charge is -2.35. The van der Waals surface area contributed by atoms with Gasteiger partial charge in [0.25, 0.3) is 0 Å². The van der Waals surface area contributed by atoms with E-state index in [9.17, 15) is 13.2 Å². The Morgan fingerprint density at radius 3 is 2.39 bits per heavy atom. The van der Waals surface area contributed by atoms with Gasteiger partial charge in [0.05, 0.1) is 5.92 Å². The average Bonchev–Trinajstić information content (AvgIpc) is 2.29. The van der Waals surface area contributed by atoms with Crippen molar-refractivity contribution in [3.05, 3.63) is 0 Å². The molecule has 1 aliphatic carbocycles. The first-order valence-corrected chi connectivity index (χ1v) is 6.87. The van der Waals surface area contributed by atoms with Gasteiger partial charge in [0.2, 0.25) is 0 Å². The second-order valence-corrected chi connectivity index (χ2v) is 5.91. The van der Waals surface area contributed by atoms with Crippen LogP contribution >= 0.6 is 0 Å². The van der Waals surface area contributed by atoms with E-state index in [-0.39, 0.29) is 24.8 Å². The van der Waals surface area contributed by atoms with E-state index in [4.69, 9.17) is 5.84 Å². The molecule has 3 N–H and O–H groups in total. The maximum atomic E-state index is 12.7. The van der Waals surface area contributed by atoms with Crippen LogP contribution in [-0.4, -0.2) is 12.2 Å². The lowest BCUT2D eigenvalue weighted by Crippen LogP contribution is -2.44. The van der Waals surface area contributed by atoms with Crippen LogP contribution in [0.25, 0.3) is 0 Å². The Morgan fingerprint density at radius 1 is 1.22 bits per heavy atom. The molecule has 0 saturated heterocycles. The first kappa shape index (κ1) is 15.8. The normalized spacial score (nSPS) is 27.5. The van der Waals surface area contributed by atoms with E-state index < -0.39 is 12.1 Å². The first-order chi connectivity index (χ1) is 8.34. The number of halogens is 3. The summed E-state index contributed by atoms with van der Waals surface area (Å²) in [6, 6.07) is 0.0255. The van der Waals surface area contributed by atoms with Crippen LogP contribution in [0.1, 0.15) is 52.4 Å². The van der Waals surface area contributed by atoms with Crippen LogP contribution in [0.2, 0.25) is 0 Å². The summed E-state index contributed by atoms with van der Waals surface area (Å²) in [7, 11) is 0. The monoisotopic (exact) mass is 266 g/mol. The third-order valence-corrected chi connectivity index (χ3v) is 4.02. The summed E-state index contributed by atoms with van der Waals surface area (Å²) in [5, 5.41) is 0. The van der Waals surface area contributed by atoms with E-state index in [1.807, 2.05) is 0 Å². The van der Waals surface area contributed by atoms with Gasteiger partial charge in [-0.2, -0.15) is 13.2 Å². The molecule has 0 aromatic heterocycles. The summed E-state index contributed by atoms with van der Waals surface area (Å²) in [6.07, 6.45) is -0.145. The van der Waals surface area contributed by atoms with Crippen molar-refractivity contribution in [1.29, 1.82) is 0 Å². The molecule has 1 fully saturated rings. The number of hydrazine groups is 1. The average molecular weight is 266 g/mol. The molecule has 2 nitrogen and oxygen atoms in total. The van der Waals surface area contributed by atoms with Crippen molar-refractivity contribution in [2.45, 2.75) is 64.6 Å². The van der Waals surface area contributed by atoms with E-state index in [1.165, 1.54) is 0 Å². The zero-order valence-corrected chi connectivity index (χ0v) is 11.3. The minimum absolute atomic E-state index is 0.0255. The Hall–Kier alpha value is -0.290. The Labute approximate surface area is 107 Å². The Kier molecular flexibility index (Phi) is 5.92. The third kappa shape index (κ3) is 4.76. The highest BCUT2D eigenvalue weighted by molar-refractivity contribution is 4.84. The van der Waals surface area contributed by atoms with Crippen molar-refractivity contribution >= 4 is 0 Å². The van der Waals surface area contributed by atoms with Crippen LogP contribution < -0.4 is 11.3 Å². The topological polar surface area (TPSA) is 38.0 Å². The molecule has 3 unspecified atom stereocenters. The van der Waals surface area contributed by atoms with Crippen molar-refractivity contribution in [2.24, 2.45) is 23.6 Å².